The molecule has 0 aliphatic carbocycles. The van der Waals surface area contributed by atoms with E-state index in [0.717, 1.165) is 82.9 Å². The van der Waals surface area contributed by atoms with Crippen molar-refractivity contribution in [2.24, 2.45) is 0 Å². The molecular weight excluding hydrogens is 2840 g/mol. The standard InChI is InChI=1S/C13H8NS.3C11H6F2N.C10H4F6N3.C9H4F4N3.3C9H5F3N3.5Ir/c1-2-6-10(7-3-1)13-14-11-8-4-5-9-12(11)15-13;3*12-8-4-5-9(10(13)7-8)11-3-1-2-6-14-11;11-9(12,13)6-7(5-3-1-2-4-17-5)18-19-8(6)10(14,15)16;10-6-7(5-3-1-2-4-14-5)15-16-8(6)9(11,12)13;3*10-9(11,12)8-5-7(14-15-8)6-3-1-2-4-13-6;;;;;/h1-6,8-9H;3*1-4,6-7H;1-4H;1-4H;3*1-5H;;;;;/q9*-1;;;;;. The van der Waals surface area contributed by atoms with E-state index in [1.165, 1.54) is 53.8 Å². The minimum Gasteiger partial charge on any atom is -0.573 e. The largest absolute Gasteiger partial charge is 0.573 e. The van der Waals surface area contributed by atoms with E-state index >= 15 is 0 Å². The molecule has 50 heteroatoms. The van der Waals surface area contributed by atoms with Gasteiger partial charge in [-0.15, -0.1) is 72.3 Å². The number of rotatable bonds is 9. The summed E-state index contributed by atoms with van der Waals surface area (Å²) >= 11 is 1.71. The van der Waals surface area contributed by atoms with Gasteiger partial charge in [0.15, 0.2) is 5.69 Å². The van der Waals surface area contributed by atoms with Crippen LogP contribution in [0.2, 0.25) is 0 Å². The van der Waals surface area contributed by atoms with E-state index in [-0.39, 0.29) is 146 Å². The van der Waals surface area contributed by atoms with Crippen LogP contribution in [0.4, 0.5) is 110 Å². The number of aromatic nitrogens is 19. The van der Waals surface area contributed by atoms with Crippen LogP contribution in [0.15, 0.2) is 298 Å². The van der Waals surface area contributed by atoms with Gasteiger partial charge in [-0.05, 0) is 126 Å². The van der Waals surface area contributed by atoms with Crippen LogP contribution < -0.4 is 25.5 Å². The molecule has 14 aromatic heterocycles. The predicted octanol–water partition coefficient (Wildman–Crippen LogP) is 24.0. The van der Waals surface area contributed by atoms with Crippen molar-refractivity contribution >= 4 is 21.6 Å². The van der Waals surface area contributed by atoms with Crippen LogP contribution >= 0.6 is 11.3 Å². The Kier molecular flexibility index (Phi) is 44.7. The van der Waals surface area contributed by atoms with E-state index in [9.17, 15) is 110 Å². The number of alkyl halides is 18. The van der Waals surface area contributed by atoms with Crippen LogP contribution in [0, 0.1) is 65.0 Å². The molecule has 0 fully saturated rings. The minimum absolute atomic E-state index is 0. The third kappa shape index (κ3) is 34.3. The first-order valence-corrected chi connectivity index (χ1v) is 38.9. The third-order valence-electron chi connectivity index (χ3n) is 16.9. The summed E-state index contributed by atoms with van der Waals surface area (Å²) in [7, 11) is 0. The summed E-state index contributed by atoms with van der Waals surface area (Å²) in [5.74, 6) is -5.35. The molecule has 14 heterocycles. The van der Waals surface area contributed by atoms with Gasteiger partial charge in [0.1, 0.15) is 28.6 Å². The van der Waals surface area contributed by atoms with Crippen molar-refractivity contribution < 1.29 is 210 Å². The summed E-state index contributed by atoms with van der Waals surface area (Å²) in [5, 5.41) is 31.9. The quantitative estimate of drug-likeness (QED) is 0.0961. The van der Waals surface area contributed by atoms with Crippen molar-refractivity contribution in [3.05, 3.63) is 397 Å². The third-order valence-corrected chi connectivity index (χ3v) is 17.9. The molecule has 0 aliphatic rings. The Morgan fingerprint density at radius 3 is 0.838 bits per heavy atom. The van der Waals surface area contributed by atoms with Crippen LogP contribution in [0.1, 0.15) is 34.0 Å². The fourth-order valence-corrected chi connectivity index (χ4v) is 11.8. The number of nitrogens with zero attached hydrogens (tertiary/aromatic N) is 19. The Hall–Kier alpha value is -13.3. The summed E-state index contributed by atoms with van der Waals surface area (Å²) in [6, 6.07) is 73.6. The average Bonchev–Trinajstić information content (AvgIpc) is 1.61. The molecule has 19 aromatic rings. The molecule has 0 N–H and O–H groups in total. The maximum atomic E-state index is 13.3. The zero-order valence-corrected chi connectivity index (χ0v) is 82.6. The van der Waals surface area contributed by atoms with E-state index < -0.39 is 123 Å². The Morgan fingerprint density at radius 1 is 0.268 bits per heavy atom. The smallest absolute Gasteiger partial charge is 0.434 e. The van der Waals surface area contributed by atoms with Crippen LogP contribution in [-0.4, -0.2) is 70.3 Å². The zero-order valence-electron chi connectivity index (χ0n) is 69.8. The van der Waals surface area contributed by atoms with E-state index in [2.05, 4.69) is 126 Å². The van der Waals surface area contributed by atoms with Gasteiger partial charge < -0.3 is 65.9 Å². The van der Waals surface area contributed by atoms with Crippen molar-refractivity contribution in [2.75, 3.05) is 0 Å². The van der Waals surface area contributed by atoms with Gasteiger partial charge in [0.25, 0.3) is 0 Å². The Morgan fingerprint density at radius 2 is 0.563 bits per heavy atom. The molecule has 0 saturated carbocycles. The summed E-state index contributed by atoms with van der Waals surface area (Å²) in [4.78, 5) is 35.3. The number of hydrogen-bond acceptors (Lipinski definition) is 15. The normalized spacial score (nSPS) is 10.9. The molecule has 0 unspecified atom stereocenters. The molecule has 0 amide bonds. The number of hydrogen-bond donors (Lipinski definition) is 0. The van der Waals surface area contributed by atoms with E-state index in [0.29, 0.717) is 34.2 Å². The minimum atomic E-state index is -5.23. The SMILES string of the molecule is FC(F)(F)c1cc(-c2ccccn2)[n-]n1.FC(F)(F)c1cc(-c2ccccn2)[n-]n1.FC(F)(F)c1cc(-c2ccccn2)[n-]n1.FC(F)(F)c1n[n-]c(-c2ccccn2)c1C(F)(F)F.Fc1c(C(F)(F)F)n[n-]c1-c1ccccn1.Fc1c[c-]c(-c2ccccn2)c(F)c1.Fc1c[c-]c(-c2ccccn2)c(F)c1.Fc1c[c-]c(-c2ccccn2)c(F)c1.[Ir].[Ir].[Ir].[Ir].[Ir].[c-]1ccccc1-c1nc2ccccc2s1. The van der Waals surface area contributed by atoms with Crippen molar-refractivity contribution in [1.29, 1.82) is 0 Å². The summed E-state index contributed by atoms with van der Waals surface area (Å²) in [6.45, 7) is 0. The molecule has 19 nitrogen and oxygen atoms in total. The molecule has 0 atom stereocenters. The maximum Gasteiger partial charge on any atom is 0.434 e. The number of pyridine rings is 8. The monoisotopic (exact) mass is 2890 g/mol. The number of para-hydroxylation sites is 1. The Balaban J connectivity index is 0.000000244. The van der Waals surface area contributed by atoms with Gasteiger partial charge in [-0.25, -0.2) is 4.39 Å². The first-order chi connectivity index (χ1) is 65.2. The molecule has 747 valence electrons. The van der Waals surface area contributed by atoms with Crippen LogP contribution in [0.25, 0.3) is 111 Å². The summed E-state index contributed by atoms with van der Waals surface area (Å²) in [5.41, 5.74) is -4.76. The Labute approximate surface area is 856 Å². The number of halogens is 25. The van der Waals surface area contributed by atoms with Gasteiger partial charge in [-0.3, -0.25) is 56.2 Å². The van der Waals surface area contributed by atoms with Crippen molar-refractivity contribution in [2.45, 2.75) is 37.1 Å². The molecule has 142 heavy (non-hydrogen) atoms. The predicted molar refractivity (Wildman–Crippen MR) is 443 cm³/mol. The van der Waals surface area contributed by atoms with Gasteiger partial charge in [0.2, 0.25) is 0 Å². The van der Waals surface area contributed by atoms with Crippen molar-refractivity contribution in [3.63, 3.8) is 0 Å². The molecule has 0 bridgehead atoms. The first kappa shape index (κ1) is 117. The number of benzene rings is 5. The number of thiazole rings is 1. The molecule has 0 spiro atoms. The van der Waals surface area contributed by atoms with Gasteiger partial charge in [0, 0.05) is 217 Å². The number of fused-ring (bicyclic) bond motifs is 1. The molecule has 5 radical (unpaired) electrons. The summed E-state index contributed by atoms with van der Waals surface area (Å²) < 4.78 is 314. The fraction of sp³-hybridized carbons (Fsp3) is 0.0652. The average molecular weight is 2890 g/mol. The van der Waals surface area contributed by atoms with Crippen LogP contribution in [0.5, 0.6) is 0 Å². The van der Waals surface area contributed by atoms with E-state index in [4.69, 9.17) is 0 Å². The van der Waals surface area contributed by atoms with Crippen molar-refractivity contribution in [3.8, 4) is 101 Å². The van der Waals surface area contributed by atoms with E-state index in [1.54, 1.807) is 145 Å². The molecule has 19 rings (SSSR count). The van der Waals surface area contributed by atoms with Gasteiger partial charge in [0.05, 0.1) is 16.8 Å². The molecule has 0 aliphatic heterocycles. The zero-order chi connectivity index (χ0) is 98.7. The van der Waals surface area contributed by atoms with Crippen LogP contribution in [0.3, 0.4) is 0 Å². The van der Waals surface area contributed by atoms with E-state index in [1.807, 2.05) is 42.5 Å². The summed E-state index contributed by atoms with van der Waals surface area (Å²) in [6.07, 6.45) is -17.1. The maximum absolute atomic E-state index is 13.3. The Bertz CT molecular complexity index is 6540. The second-order valence-corrected chi connectivity index (χ2v) is 27.5. The van der Waals surface area contributed by atoms with Crippen LogP contribution in [-0.2, 0) is 138 Å². The second-order valence-electron chi connectivity index (χ2n) is 26.4. The molecule has 5 aromatic carbocycles. The first-order valence-electron chi connectivity index (χ1n) is 38.1. The van der Waals surface area contributed by atoms with Gasteiger partial charge >= 0.3 is 37.1 Å². The van der Waals surface area contributed by atoms with Gasteiger partial charge in [-0.1, -0.05) is 142 Å². The topological polar surface area (TPSA) is 251 Å². The fourth-order valence-electron chi connectivity index (χ4n) is 10.8. The molecular formula is C92H49F25Ir5N19S-9. The molecule has 0 saturated heterocycles. The van der Waals surface area contributed by atoms with Gasteiger partial charge in [-0.2, -0.15) is 90.4 Å². The van der Waals surface area contributed by atoms with Crippen molar-refractivity contribution in [1.82, 2.24) is 95.8 Å². The second kappa shape index (κ2) is 54.1.